The Kier molecular flexibility index (Phi) is 9.04. The van der Waals surface area contributed by atoms with Crippen molar-refractivity contribution in [3.05, 3.63) is 106 Å². The van der Waals surface area contributed by atoms with Crippen LogP contribution in [0.5, 0.6) is 0 Å². The first-order chi connectivity index (χ1) is 17.4. The summed E-state index contributed by atoms with van der Waals surface area (Å²) in [5.41, 5.74) is 1.77. The van der Waals surface area contributed by atoms with Gasteiger partial charge in [-0.1, -0.05) is 53.5 Å². The van der Waals surface area contributed by atoms with Crippen molar-refractivity contribution in [3.8, 4) is 0 Å². The molecule has 1 fully saturated rings. The maximum Gasteiger partial charge on any atom is 0.338 e. The van der Waals surface area contributed by atoms with E-state index in [2.05, 4.69) is 0 Å². The molecule has 0 spiro atoms. The Hall–Kier alpha value is -2.84. The maximum absolute atomic E-state index is 12.7. The van der Waals surface area contributed by atoms with Crippen LogP contribution in [0.3, 0.4) is 0 Å². The zero-order chi connectivity index (χ0) is 25.5. The number of thioether (sulfide) groups is 1. The van der Waals surface area contributed by atoms with E-state index < -0.39 is 30.3 Å². The van der Waals surface area contributed by atoms with Crippen molar-refractivity contribution in [1.29, 1.82) is 5.41 Å². The quantitative estimate of drug-likeness (QED) is 0.200. The van der Waals surface area contributed by atoms with Crippen molar-refractivity contribution in [2.45, 2.75) is 30.5 Å². The van der Waals surface area contributed by atoms with Gasteiger partial charge in [-0.15, -0.1) is 11.8 Å². The summed E-state index contributed by atoms with van der Waals surface area (Å²) in [4.78, 5) is 25.2. The van der Waals surface area contributed by atoms with Gasteiger partial charge in [-0.05, 0) is 54.1 Å². The highest BCUT2D eigenvalue weighted by atomic mass is 35.5. The van der Waals surface area contributed by atoms with Crippen LogP contribution in [-0.4, -0.2) is 41.9 Å². The number of ether oxygens (including phenoxy) is 3. The summed E-state index contributed by atoms with van der Waals surface area (Å²) in [6, 6.07) is 22.5. The summed E-state index contributed by atoms with van der Waals surface area (Å²) in [7, 11) is 0. The van der Waals surface area contributed by atoms with Crippen LogP contribution in [0.25, 0.3) is 0 Å². The summed E-state index contributed by atoms with van der Waals surface area (Å²) in [5, 5.41) is 9.85. The zero-order valence-electron chi connectivity index (χ0n) is 19.1. The number of halogens is 2. The number of hydrogen-bond donors (Lipinski definition) is 1. The molecule has 1 unspecified atom stereocenters. The standard InChI is InChI=1S/C27H23Cl2NO5S/c28-20-10-6-18(7-11-20)26(31)33-15-24-22(35-27(32)19-8-12-21(29)13-9-19)14-23(34-24)25(30)36-16-17-4-2-1-3-5-17/h1-13,22-24,30H,14-16H2/t22?,23-,24-/m1/s1. The number of nitrogens with one attached hydrogen (secondary N) is 1. The van der Waals surface area contributed by atoms with E-state index in [9.17, 15) is 9.59 Å². The molecule has 1 saturated heterocycles. The number of carbonyl (C=O) groups is 2. The predicted molar refractivity (Wildman–Crippen MR) is 141 cm³/mol. The Morgan fingerprint density at radius 3 is 2.08 bits per heavy atom. The predicted octanol–water partition coefficient (Wildman–Crippen LogP) is 6.44. The third kappa shape index (κ3) is 7.11. The van der Waals surface area contributed by atoms with Crippen LogP contribution in [0, 0.1) is 5.41 Å². The normalized spacial score (nSPS) is 19.0. The fourth-order valence-corrected chi connectivity index (χ4v) is 4.71. The SMILES string of the molecule is N=C(SCc1ccccc1)[C@H]1CC(OC(=O)c2ccc(Cl)cc2)[C@@H](COC(=O)c2ccc(Cl)cc2)O1. The first-order valence-corrected chi connectivity index (χ1v) is 12.9. The zero-order valence-corrected chi connectivity index (χ0v) is 21.4. The summed E-state index contributed by atoms with van der Waals surface area (Å²) in [5.74, 6) is -0.473. The van der Waals surface area contributed by atoms with Gasteiger partial charge in [0.1, 0.15) is 24.9 Å². The fraction of sp³-hybridized carbons (Fsp3) is 0.222. The van der Waals surface area contributed by atoms with Crippen molar-refractivity contribution in [2.24, 2.45) is 0 Å². The van der Waals surface area contributed by atoms with Crippen LogP contribution in [-0.2, 0) is 20.0 Å². The Balaban J connectivity index is 1.41. The molecule has 3 aromatic rings. The number of rotatable bonds is 8. The second kappa shape index (κ2) is 12.4. The Labute approximate surface area is 223 Å². The molecule has 0 aromatic heterocycles. The van der Waals surface area contributed by atoms with E-state index in [1.54, 1.807) is 48.5 Å². The van der Waals surface area contributed by atoms with Crippen LogP contribution in [0.1, 0.15) is 32.7 Å². The molecule has 1 aliphatic rings. The van der Waals surface area contributed by atoms with Gasteiger partial charge < -0.3 is 14.2 Å². The molecule has 36 heavy (non-hydrogen) atoms. The van der Waals surface area contributed by atoms with Crippen molar-refractivity contribution in [1.82, 2.24) is 0 Å². The van der Waals surface area contributed by atoms with Gasteiger partial charge in [0.2, 0.25) is 0 Å². The smallest absolute Gasteiger partial charge is 0.338 e. The largest absolute Gasteiger partial charge is 0.459 e. The molecule has 3 atom stereocenters. The lowest BCUT2D eigenvalue weighted by molar-refractivity contribution is -0.0334. The number of carbonyl (C=O) groups excluding carboxylic acids is 2. The van der Waals surface area contributed by atoms with Crippen molar-refractivity contribution in [3.63, 3.8) is 0 Å². The van der Waals surface area contributed by atoms with Gasteiger partial charge in [0.05, 0.1) is 16.2 Å². The van der Waals surface area contributed by atoms with Gasteiger partial charge in [-0.3, -0.25) is 5.41 Å². The van der Waals surface area contributed by atoms with Crippen molar-refractivity contribution < 1.29 is 23.8 Å². The van der Waals surface area contributed by atoms with Gasteiger partial charge in [0.25, 0.3) is 0 Å². The maximum atomic E-state index is 12.7. The topological polar surface area (TPSA) is 85.7 Å². The van der Waals surface area contributed by atoms with Gasteiger partial charge in [0, 0.05) is 22.2 Å². The van der Waals surface area contributed by atoms with E-state index in [0.717, 1.165) is 5.56 Å². The summed E-state index contributed by atoms with van der Waals surface area (Å²) in [6.07, 6.45) is -1.72. The van der Waals surface area contributed by atoms with Crippen LogP contribution < -0.4 is 0 Å². The highest BCUT2D eigenvalue weighted by Gasteiger charge is 2.41. The van der Waals surface area contributed by atoms with Crippen LogP contribution in [0.2, 0.25) is 10.0 Å². The van der Waals surface area contributed by atoms with Gasteiger partial charge in [-0.25, -0.2) is 9.59 Å². The molecule has 186 valence electrons. The highest BCUT2D eigenvalue weighted by Crippen LogP contribution is 2.30. The van der Waals surface area contributed by atoms with E-state index >= 15 is 0 Å². The van der Waals surface area contributed by atoms with E-state index in [1.807, 2.05) is 30.3 Å². The molecule has 6 nitrogen and oxygen atoms in total. The second-order valence-corrected chi connectivity index (χ2v) is 9.98. The molecule has 0 bridgehead atoms. The van der Waals surface area contributed by atoms with Crippen molar-refractivity contribution >= 4 is 51.9 Å². The van der Waals surface area contributed by atoms with Crippen molar-refractivity contribution in [2.75, 3.05) is 6.61 Å². The molecule has 4 rings (SSSR count). The summed E-state index contributed by atoms with van der Waals surface area (Å²) < 4.78 is 17.2. The van der Waals surface area contributed by atoms with E-state index in [1.165, 1.54) is 11.8 Å². The lowest BCUT2D eigenvalue weighted by atomic mass is 10.1. The molecule has 0 amide bonds. The minimum atomic E-state index is -0.722. The molecular weight excluding hydrogens is 521 g/mol. The monoisotopic (exact) mass is 543 g/mol. The fourth-order valence-electron chi connectivity index (χ4n) is 3.60. The summed E-state index contributed by atoms with van der Waals surface area (Å²) >= 11 is 13.2. The first kappa shape index (κ1) is 26.2. The average molecular weight is 544 g/mol. The highest BCUT2D eigenvalue weighted by molar-refractivity contribution is 8.13. The Morgan fingerprint density at radius 2 is 1.47 bits per heavy atom. The molecule has 1 N–H and O–H groups in total. The number of benzene rings is 3. The lowest BCUT2D eigenvalue weighted by Crippen LogP contribution is -2.32. The Morgan fingerprint density at radius 1 is 0.889 bits per heavy atom. The van der Waals surface area contributed by atoms with Gasteiger partial charge in [0.15, 0.2) is 0 Å². The van der Waals surface area contributed by atoms with Gasteiger partial charge >= 0.3 is 11.9 Å². The van der Waals surface area contributed by atoms with E-state index in [0.29, 0.717) is 32.0 Å². The molecule has 9 heteroatoms. The second-order valence-electron chi connectivity index (χ2n) is 8.09. The van der Waals surface area contributed by atoms with E-state index in [-0.39, 0.29) is 13.0 Å². The molecule has 0 aliphatic carbocycles. The number of hydrogen-bond acceptors (Lipinski definition) is 7. The third-order valence-electron chi connectivity index (χ3n) is 5.53. The Bertz CT molecular complexity index is 1210. The minimum Gasteiger partial charge on any atom is -0.459 e. The molecule has 1 aliphatic heterocycles. The van der Waals surface area contributed by atoms with Crippen LogP contribution in [0.4, 0.5) is 0 Å². The molecule has 3 aromatic carbocycles. The third-order valence-corrected chi connectivity index (χ3v) is 7.08. The molecular formula is C27H23Cl2NO5S. The molecule has 0 saturated carbocycles. The number of esters is 2. The lowest BCUT2D eigenvalue weighted by Gasteiger charge is -2.19. The molecule has 0 radical (unpaired) electrons. The molecule has 1 heterocycles. The summed E-state index contributed by atoms with van der Waals surface area (Å²) in [6.45, 7) is -0.132. The van der Waals surface area contributed by atoms with Gasteiger partial charge in [-0.2, -0.15) is 0 Å². The van der Waals surface area contributed by atoms with Crippen LogP contribution in [0.15, 0.2) is 78.9 Å². The average Bonchev–Trinajstić information content (AvgIpc) is 3.29. The minimum absolute atomic E-state index is 0.132. The first-order valence-electron chi connectivity index (χ1n) is 11.2. The van der Waals surface area contributed by atoms with Crippen LogP contribution >= 0.6 is 35.0 Å². The van der Waals surface area contributed by atoms with E-state index in [4.69, 9.17) is 42.8 Å².